The van der Waals surface area contributed by atoms with Crippen LogP contribution < -0.4 is 5.73 Å². The molecule has 0 amide bonds. The van der Waals surface area contributed by atoms with Crippen LogP contribution in [0.3, 0.4) is 0 Å². The SMILES string of the molecule is CC(C)C[C@@H](N)C(=O)OC1CCCC1.Cl. The minimum absolute atomic E-state index is 0. The molecule has 1 fully saturated rings. The van der Waals surface area contributed by atoms with E-state index in [0.29, 0.717) is 12.3 Å². The van der Waals surface area contributed by atoms with E-state index in [9.17, 15) is 4.79 Å². The smallest absolute Gasteiger partial charge is 0.323 e. The van der Waals surface area contributed by atoms with Gasteiger partial charge in [-0.15, -0.1) is 12.4 Å². The van der Waals surface area contributed by atoms with Crippen molar-refractivity contribution >= 4 is 18.4 Å². The van der Waals surface area contributed by atoms with Crippen molar-refractivity contribution in [2.45, 2.75) is 58.1 Å². The molecule has 0 radical (unpaired) electrons. The Morgan fingerprint density at radius 1 is 1.40 bits per heavy atom. The van der Waals surface area contributed by atoms with E-state index in [0.717, 1.165) is 12.8 Å². The lowest BCUT2D eigenvalue weighted by atomic mass is 10.0. The molecule has 1 rings (SSSR count). The molecule has 2 N–H and O–H groups in total. The van der Waals surface area contributed by atoms with E-state index in [1.807, 2.05) is 0 Å². The highest BCUT2D eigenvalue weighted by Gasteiger charge is 2.23. The predicted molar refractivity (Wildman–Crippen MR) is 63.0 cm³/mol. The number of hydrogen-bond donors (Lipinski definition) is 1. The number of carbonyl (C=O) groups is 1. The Balaban J connectivity index is 0.00000196. The van der Waals surface area contributed by atoms with Gasteiger partial charge in [-0.1, -0.05) is 13.8 Å². The van der Waals surface area contributed by atoms with Crippen LogP contribution in [0.5, 0.6) is 0 Å². The minimum Gasteiger partial charge on any atom is -0.461 e. The van der Waals surface area contributed by atoms with Crippen LogP contribution in [0.4, 0.5) is 0 Å². The van der Waals surface area contributed by atoms with Gasteiger partial charge in [0.25, 0.3) is 0 Å². The van der Waals surface area contributed by atoms with Gasteiger partial charge in [0.15, 0.2) is 0 Å². The minimum atomic E-state index is -0.435. The Bertz CT molecular complexity index is 191. The summed E-state index contributed by atoms with van der Waals surface area (Å²) in [6.45, 7) is 4.12. The zero-order chi connectivity index (χ0) is 10.6. The average molecular weight is 236 g/mol. The molecule has 0 unspecified atom stereocenters. The molecule has 0 bridgehead atoms. The largest absolute Gasteiger partial charge is 0.461 e. The Morgan fingerprint density at radius 2 is 1.93 bits per heavy atom. The van der Waals surface area contributed by atoms with Crippen molar-refractivity contribution in [1.29, 1.82) is 0 Å². The van der Waals surface area contributed by atoms with E-state index < -0.39 is 6.04 Å². The number of rotatable bonds is 4. The summed E-state index contributed by atoms with van der Waals surface area (Å²) in [7, 11) is 0. The first kappa shape index (κ1) is 14.7. The highest BCUT2D eigenvalue weighted by Crippen LogP contribution is 2.21. The number of esters is 1. The van der Waals surface area contributed by atoms with Crippen LogP contribution in [0.1, 0.15) is 46.0 Å². The summed E-state index contributed by atoms with van der Waals surface area (Å²) in [6, 6.07) is -0.435. The molecule has 0 spiro atoms. The summed E-state index contributed by atoms with van der Waals surface area (Å²) in [4.78, 5) is 11.5. The first-order chi connectivity index (χ1) is 6.59. The molecule has 4 heteroatoms. The van der Waals surface area contributed by atoms with Gasteiger partial charge in [0.05, 0.1) is 0 Å². The molecule has 0 saturated heterocycles. The molecule has 1 aliphatic carbocycles. The van der Waals surface area contributed by atoms with Crippen molar-refractivity contribution in [3.05, 3.63) is 0 Å². The van der Waals surface area contributed by atoms with E-state index in [-0.39, 0.29) is 24.5 Å². The van der Waals surface area contributed by atoms with Gasteiger partial charge in [-0.25, -0.2) is 0 Å². The average Bonchev–Trinajstić information content (AvgIpc) is 2.55. The Morgan fingerprint density at radius 3 is 2.40 bits per heavy atom. The van der Waals surface area contributed by atoms with Crippen molar-refractivity contribution in [2.24, 2.45) is 11.7 Å². The van der Waals surface area contributed by atoms with Crippen LogP contribution in [0.15, 0.2) is 0 Å². The topological polar surface area (TPSA) is 52.3 Å². The quantitative estimate of drug-likeness (QED) is 0.761. The Labute approximate surface area is 98.2 Å². The normalized spacial score (nSPS) is 18.7. The van der Waals surface area contributed by atoms with E-state index in [2.05, 4.69) is 13.8 Å². The molecule has 1 saturated carbocycles. The molecule has 1 aliphatic rings. The van der Waals surface area contributed by atoms with Crippen molar-refractivity contribution in [1.82, 2.24) is 0 Å². The lowest BCUT2D eigenvalue weighted by Crippen LogP contribution is -2.35. The lowest BCUT2D eigenvalue weighted by molar-refractivity contribution is -0.150. The van der Waals surface area contributed by atoms with Gasteiger partial charge in [0, 0.05) is 0 Å². The van der Waals surface area contributed by atoms with E-state index in [4.69, 9.17) is 10.5 Å². The molecule has 1 atom stereocenters. The van der Waals surface area contributed by atoms with E-state index in [1.165, 1.54) is 12.8 Å². The molecule has 0 aromatic heterocycles. The number of halogens is 1. The third kappa shape index (κ3) is 5.38. The third-order valence-corrected chi connectivity index (χ3v) is 2.61. The zero-order valence-electron chi connectivity index (χ0n) is 9.57. The second kappa shape index (κ2) is 7.07. The number of hydrogen-bond acceptors (Lipinski definition) is 3. The molecular formula is C11H22ClNO2. The summed E-state index contributed by atoms with van der Waals surface area (Å²) in [6.07, 6.45) is 5.24. The number of nitrogens with two attached hydrogens (primary N) is 1. The highest BCUT2D eigenvalue weighted by atomic mass is 35.5. The second-order valence-corrected chi connectivity index (χ2v) is 4.58. The number of carbonyl (C=O) groups excluding carboxylic acids is 1. The fourth-order valence-corrected chi connectivity index (χ4v) is 1.86. The molecule has 0 heterocycles. The fourth-order valence-electron chi connectivity index (χ4n) is 1.86. The fraction of sp³-hybridized carbons (Fsp3) is 0.909. The first-order valence-electron chi connectivity index (χ1n) is 5.55. The maximum absolute atomic E-state index is 11.5. The van der Waals surface area contributed by atoms with Crippen molar-refractivity contribution in [3.63, 3.8) is 0 Å². The van der Waals surface area contributed by atoms with Crippen LogP contribution in [0.25, 0.3) is 0 Å². The van der Waals surface area contributed by atoms with Crippen molar-refractivity contribution in [3.8, 4) is 0 Å². The summed E-state index contributed by atoms with van der Waals surface area (Å²) in [5.41, 5.74) is 5.72. The first-order valence-corrected chi connectivity index (χ1v) is 5.55. The molecule has 15 heavy (non-hydrogen) atoms. The summed E-state index contributed by atoms with van der Waals surface area (Å²) >= 11 is 0. The summed E-state index contributed by atoms with van der Waals surface area (Å²) in [5, 5.41) is 0. The number of ether oxygens (including phenoxy) is 1. The monoisotopic (exact) mass is 235 g/mol. The maximum atomic E-state index is 11.5. The van der Waals surface area contributed by atoms with E-state index >= 15 is 0 Å². The van der Waals surface area contributed by atoms with Crippen LogP contribution in [0, 0.1) is 5.92 Å². The molecular weight excluding hydrogens is 214 g/mol. The molecule has 3 nitrogen and oxygen atoms in total. The molecule has 0 aromatic rings. The van der Waals surface area contributed by atoms with Gasteiger partial charge >= 0.3 is 5.97 Å². The zero-order valence-corrected chi connectivity index (χ0v) is 10.4. The van der Waals surface area contributed by atoms with Crippen molar-refractivity contribution in [2.75, 3.05) is 0 Å². The van der Waals surface area contributed by atoms with Crippen LogP contribution in [-0.2, 0) is 9.53 Å². The molecule has 90 valence electrons. The standard InChI is InChI=1S/C11H21NO2.ClH/c1-8(2)7-10(12)11(13)14-9-5-3-4-6-9;/h8-10H,3-7,12H2,1-2H3;1H/t10-;/m1./s1. The Hall–Kier alpha value is -0.280. The van der Waals surface area contributed by atoms with Gasteiger partial charge < -0.3 is 10.5 Å². The third-order valence-electron chi connectivity index (χ3n) is 2.61. The Kier molecular flexibility index (Phi) is 6.94. The summed E-state index contributed by atoms with van der Waals surface area (Å²) < 4.78 is 5.31. The molecule has 0 aromatic carbocycles. The molecule has 0 aliphatic heterocycles. The van der Waals surface area contributed by atoms with E-state index in [1.54, 1.807) is 0 Å². The maximum Gasteiger partial charge on any atom is 0.323 e. The van der Waals surface area contributed by atoms with Gasteiger partial charge in [-0.05, 0) is 38.0 Å². The summed E-state index contributed by atoms with van der Waals surface area (Å²) in [5.74, 6) is 0.228. The van der Waals surface area contributed by atoms with Gasteiger partial charge in [-0.2, -0.15) is 0 Å². The second-order valence-electron chi connectivity index (χ2n) is 4.58. The van der Waals surface area contributed by atoms with Crippen LogP contribution in [0.2, 0.25) is 0 Å². The van der Waals surface area contributed by atoms with Crippen molar-refractivity contribution < 1.29 is 9.53 Å². The lowest BCUT2D eigenvalue weighted by Gasteiger charge is -2.16. The van der Waals surface area contributed by atoms with Gasteiger partial charge in [-0.3, -0.25) is 4.79 Å². The van der Waals surface area contributed by atoms with Gasteiger partial charge in [0.2, 0.25) is 0 Å². The van der Waals surface area contributed by atoms with Crippen LogP contribution in [-0.4, -0.2) is 18.1 Å². The van der Waals surface area contributed by atoms with Gasteiger partial charge in [0.1, 0.15) is 12.1 Å². The predicted octanol–water partition coefficient (Wildman–Crippen LogP) is 2.27. The van der Waals surface area contributed by atoms with Crippen LogP contribution >= 0.6 is 12.4 Å². The highest BCUT2D eigenvalue weighted by molar-refractivity contribution is 5.85.